The van der Waals surface area contributed by atoms with Crippen LogP contribution in [-0.2, 0) is 28.4 Å². The molecule has 8 unspecified atom stereocenters. The van der Waals surface area contributed by atoms with E-state index in [1.54, 1.807) is 0 Å². The molecule has 7 heteroatoms. The minimum absolute atomic E-state index is 0.0106. The number of hydrogen-bond donors (Lipinski definition) is 0. The van der Waals surface area contributed by atoms with Gasteiger partial charge in [0.2, 0.25) is 0 Å². The molecule has 0 spiro atoms. The van der Waals surface area contributed by atoms with Crippen molar-refractivity contribution < 1.29 is 33.2 Å². The van der Waals surface area contributed by atoms with Gasteiger partial charge in [-0.25, -0.2) is 0 Å². The molecule has 4 saturated heterocycles. The summed E-state index contributed by atoms with van der Waals surface area (Å²) in [6.07, 6.45) is 3.70. The Labute approximate surface area is 276 Å². The number of ether oxygens (including phenoxy) is 7. The highest BCUT2D eigenvalue weighted by Crippen LogP contribution is 2.43. The molecule has 0 aromatic rings. The Hall–Kier alpha value is -0.280. The van der Waals surface area contributed by atoms with Crippen molar-refractivity contribution in [1.29, 1.82) is 0 Å². The van der Waals surface area contributed by atoms with E-state index in [0.29, 0.717) is 41.4 Å². The molecular formula is C38H71O7+. The van der Waals surface area contributed by atoms with Crippen LogP contribution in [0.25, 0.3) is 0 Å². The van der Waals surface area contributed by atoms with Crippen molar-refractivity contribution in [2.24, 2.45) is 53.3 Å². The lowest BCUT2D eigenvalue weighted by Gasteiger charge is -2.50. The smallest absolute Gasteiger partial charge is 0.268 e. The third-order valence-corrected chi connectivity index (χ3v) is 13.3. The van der Waals surface area contributed by atoms with Crippen molar-refractivity contribution in [3.8, 4) is 0 Å². The maximum atomic E-state index is 6.89. The van der Waals surface area contributed by atoms with Gasteiger partial charge in [-0.1, -0.05) is 90.0 Å². The maximum absolute atomic E-state index is 6.89. The van der Waals surface area contributed by atoms with E-state index >= 15 is 0 Å². The van der Waals surface area contributed by atoms with Gasteiger partial charge in [0.05, 0.1) is 42.5 Å². The van der Waals surface area contributed by atoms with E-state index < -0.39 is 0 Å². The Morgan fingerprint density at radius 3 is 1.42 bits per heavy atom. The fourth-order valence-corrected chi connectivity index (χ4v) is 8.66. The third-order valence-electron chi connectivity index (χ3n) is 13.3. The van der Waals surface area contributed by atoms with Gasteiger partial charge < -0.3 is 33.2 Å². The van der Waals surface area contributed by atoms with Crippen LogP contribution >= 0.6 is 0 Å². The molecule has 20 atom stereocenters. The summed E-state index contributed by atoms with van der Waals surface area (Å²) in [4.78, 5) is 0. The van der Waals surface area contributed by atoms with Crippen LogP contribution in [-0.4, -0.2) is 72.4 Å². The van der Waals surface area contributed by atoms with Crippen LogP contribution in [0.5, 0.6) is 0 Å². The zero-order chi connectivity index (χ0) is 33.3. The Morgan fingerprint density at radius 1 is 0.422 bits per heavy atom. The summed E-state index contributed by atoms with van der Waals surface area (Å²) in [5.41, 5.74) is 0. The van der Waals surface area contributed by atoms with Crippen molar-refractivity contribution in [3.05, 3.63) is 0 Å². The van der Waals surface area contributed by atoms with Crippen molar-refractivity contribution in [3.63, 3.8) is 0 Å². The van der Waals surface area contributed by atoms with Crippen LogP contribution in [0.4, 0.5) is 0 Å². The van der Waals surface area contributed by atoms with Crippen LogP contribution < -0.4 is 0 Å². The summed E-state index contributed by atoms with van der Waals surface area (Å²) >= 11 is 0. The molecule has 0 saturated carbocycles. The number of hydrogen-bond acceptors (Lipinski definition) is 6. The van der Waals surface area contributed by atoms with Crippen molar-refractivity contribution in [1.82, 2.24) is 0 Å². The molecule has 4 aliphatic rings. The minimum atomic E-state index is -0.263. The molecule has 264 valence electrons. The molecule has 7 nitrogen and oxygen atoms in total. The van der Waals surface area contributed by atoms with Gasteiger partial charge in [0.1, 0.15) is 6.10 Å². The van der Waals surface area contributed by atoms with Crippen LogP contribution in [0.3, 0.4) is 0 Å². The van der Waals surface area contributed by atoms with E-state index in [0.717, 1.165) is 25.7 Å². The van der Waals surface area contributed by atoms with E-state index in [4.69, 9.17) is 33.2 Å². The van der Waals surface area contributed by atoms with Gasteiger partial charge in [-0.15, -0.1) is 0 Å². The zero-order valence-electron chi connectivity index (χ0n) is 31.3. The minimum Gasteiger partial charge on any atom is -0.405 e. The second kappa shape index (κ2) is 16.0. The van der Waals surface area contributed by atoms with Crippen molar-refractivity contribution in [2.45, 2.75) is 190 Å². The first-order valence-corrected chi connectivity index (χ1v) is 18.9. The molecule has 0 radical (unpaired) electrons. The number of rotatable bonds is 10. The highest BCUT2D eigenvalue weighted by atomic mass is 16.7. The predicted octanol–water partition coefficient (Wildman–Crippen LogP) is 7.98. The lowest BCUT2D eigenvalue weighted by atomic mass is 9.78. The summed E-state index contributed by atoms with van der Waals surface area (Å²) in [6, 6.07) is 0. The molecule has 0 amide bonds. The monoisotopic (exact) mass is 640 g/mol. The van der Waals surface area contributed by atoms with Gasteiger partial charge in [0.25, 0.3) is 6.29 Å². The first-order valence-electron chi connectivity index (χ1n) is 18.9. The fourth-order valence-electron chi connectivity index (χ4n) is 8.66. The van der Waals surface area contributed by atoms with Gasteiger partial charge in [0, 0.05) is 17.8 Å². The standard InChI is InChI=1S/C38H70O7/c1-15-29-21(7)19(5)25(11)36(40-29)44-34-23(9)27(13)38(42-31(34)17-3)45-35-24(10)26(12)37(41-32(35)18-4)43-33-22(8)20(6)28(14)39-30(33)16-2/h19-38H,15-18H2,1-14H3/p+1/t19-,20?,21-,22-,23-,24+,25?,26?,27?,28+,29?,30?,31?,32?,33+,34+,35-,36-,37-,38+/m0/s1. The summed E-state index contributed by atoms with van der Waals surface area (Å²) < 4.78 is 45.9. The highest BCUT2D eigenvalue weighted by Gasteiger charge is 2.53. The SMILES string of the molecule is CCC1O[C@@H](O[C@H]2C(CC)O[C@H]([OH+][C@@H]3C(CC)O[C@@H](O[C@H]4C(CC)O[C@H](C)C(C)[C@@H]4C)C(C)[C@H]3C)C(C)[C@@H]2C)C(C)[C@@H](C)[C@@H]1C. The quantitative estimate of drug-likeness (QED) is 0.226. The van der Waals surface area contributed by atoms with E-state index in [-0.39, 0.29) is 79.5 Å². The Kier molecular flexibility index (Phi) is 13.3. The Balaban J connectivity index is 1.43. The van der Waals surface area contributed by atoms with E-state index in [9.17, 15) is 0 Å². The van der Waals surface area contributed by atoms with E-state index in [1.165, 1.54) is 0 Å². The zero-order valence-corrected chi connectivity index (χ0v) is 31.3. The fraction of sp³-hybridized carbons (Fsp3) is 1.00. The first kappa shape index (κ1) is 37.5. The summed E-state index contributed by atoms with van der Waals surface area (Å²) in [5, 5.41) is 0. The highest BCUT2D eigenvalue weighted by molar-refractivity contribution is 4.93. The van der Waals surface area contributed by atoms with Crippen molar-refractivity contribution >= 4 is 0 Å². The second-order valence-electron chi connectivity index (χ2n) is 15.7. The summed E-state index contributed by atoms with van der Waals surface area (Å²) in [6.45, 7) is 31.8. The molecule has 1 N–H and O–H groups in total. The van der Waals surface area contributed by atoms with Crippen LogP contribution in [0, 0.1) is 53.3 Å². The third kappa shape index (κ3) is 7.65. The van der Waals surface area contributed by atoms with E-state index in [1.807, 2.05) is 0 Å². The molecule has 4 aliphatic heterocycles. The average molecular weight is 640 g/mol. The molecule has 4 fully saturated rings. The normalized spacial score (nSPS) is 52.9. The largest absolute Gasteiger partial charge is 0.405 e. The molecule has 4 heterocycles. The van der Waals surface area contributed by atoms with E-state index in [2.05, 4.69) is 96.9 Å². The maximum Gasteiger partial charge on any atom is 0.268 e. The Bertz CT molecular complexity index is 893. The van der Waals surface area contributed by atoms with Crippen molar-refractivity contribution in [2.75, 3.05) is 0 Å². The van der Waals surface area contributed by atoms with Gasteiger partial charge in [-0.3, -0.25) is 0 Å². The molecule has 0 aliphatic carbocycles. The predicted molar refractivity (Wildman–Crippen MR) is 180 cm³/mol. The van der Waals surface area contributed by atoms with Crippen LogP contribution in [0.2, 0.25) is 0 Å². The molecule has 0 aromatic heterocycles. The summed E-state index contributed by atoms with van der Waals surface area (Å²) in [5.74, 6) is 3.30. The summed E-state index contributed by atoms with van der Waals surface area (Å²) in [7, 11) is 0. The van der Waals surface area contributed by atoms with Crippen LogP contribution in [0.15, 0.2) is 0 Å². The lowest BCUT2D eigenvalue weighted by molar-refractivity contribution is -0.399. The number of aliphatic hydroxyl groups is 2. The van der Waals surface area contributed by atoms with Gasteiger partial charge in [-0.2, -0.15) is 0 Å². The second-order valence-corrected chi connectivity index (χ2v) is 15.7. The van der Waals surface area contributed by atoms with Crippen LogP contribution in [0.1, 0.15) is 123 Å². The Morgan fingerprint density at radius 2 is 0.889 bits per heavy atom. The molecule has 4 rings (SSSR count). The topological polar surface area (TPSA) is 68.2 Å². The lowest BCUT2D eigenvalue weighted by Crippen LogP contribution is -2.60. The van der Waals surface area contributed by atoms with Gasteiger partial charge >= 0.3 is 0 Å². The molecule has 0 bridgehead atoms. The first-order chi connectivity index (χ1) is 21.3. The molecule has 45 heavy (non-hydrogen) atoms. The molecular weight excluding hydrogens is 568 g/mol. The average Bonchev–Trinajstić information content (AvgIpc) is 3.03. The van der Waals surface area contributed by atoms with Gasteiger partial charge in [0.15, 0.2) is 18.7 Å². The van der Waals surface area contributed by atoms with Gasteiger partial charge in [-0.05, 0) is 62.2 Å². The molecule has 0 aromatic carbocycles.